The van der Waals surface area contributed by atoms with Gasteiger partial charge in [-0.2, -0.15) is 0 Å². The summed E-state index contributed by atoms with van der Waals surface area (Å²) in [5, 5.41) is 1.16. The zero-order valence-electron chi connectivity index (χ0n) is 16.1. The molecule has 1 aliphatic carbocycles. The molecule has 3 aromatic rings. The van der Waals surface area contributed by atoms with E-state index in [1.54, 1.807) is 6.07 Å². The summed E-state index contributed by atoms with van der Waals surface area (Å²) in [6, 6.07) is 14.4. The zero-order chi connectivity index (χ0) is 18.8. The van der Waals surface area contributed by atoms with E-state index in [-0.39, 0.29) is 5.97 Å². The Kier molecular flexibility index (Phi) is 4.97. The number of rotatable bonds is 4. The van der Waals surface area contributed by atoms with Gasteiger partial charge in [0, 0.05) is 12.4 Å². The first-order chi connectivity index (χ1) is 13.2. The fourth-order valence-corrected chi connectivity index (χ4v) is 4.40. The number of esters is 1. The van der Waals surface area contributed by atoms with Gasteiger partial charge in [0.2, 0.25) is 0 Å². The Morgan fingerprint density at radius 3 is 2.56 bits per heavy atom. The van der Waals surface area contributed by atoms with Crippen LogP contribution in [-0.4, -0.2) is 22.1 Å². The maximum Gasteiger partial charge on any atom is 0.356 e. The van der Waals surface area contributed by atoms with Gasteiger partial charge in [-0.1, -0.05) is 49.6 Å². The highest BCUT2D eigenvalue weighted by Crippen LogP contribution is 2.43. The summed E-state index contributed by atoms with van der Waals surface area (Å²) in [6.45, 7) is 2.17. The van der Waals surface area contributed by atoms with Crippen molar-refractivity contribution in [2.45, 2.75) is 44.9 Å². The first-order valence-electron chi connectivity index (χ1n) is 9.92. The molecule has 4 rings (SSSR count). The predicted octanol–water partition coefficient (Wildman–Crippen LogP) is 5.46. The Hall–Kier alpha value is -2.62. The molecule has 1 aliphatic rings. The van der Waals surface area contributed by atoms with Crippen molar-refractivity contribution in [3.8, 4) is 11.3 Å². The van der Waals surface area contributed by atoms with E-state index in [0.29, 0.717) is 18.2 Å². The monoisotopic (exact) mass is 362 g/mol. The second kappa shape index (κ2) is 7.55. The van der Waals surface area contributed by atoms with Gasteiger partial charge in [0.25, 0.3) is 0 Å². The minimum Gasteiger partial charge on any atom is -0.461 e. The van der Waals surface area contributed by atoms with Crippen LogP contribution in [0.4, 0.5) is 0 Å². The Balaban J connectivity index is 1.93. The fraction of sp³-hybridized carbons (Fsp3) is 0.391. The van der Waals surface area contributed by atoms with Crippen molar-refractivity contribution in [3.63, 3.8) is 0 Å². The molecule has 0 N–H and O–H groups in total. The summed E-state index contributed by atoms with van der Waals surface area (Å²) in [7, 11) is 2.05. The number of hydrogen-bond donors (Lipinski definition) is 0. The molecule has 1 aromatic carbocycles. The second-order valence-electron chi connectivity index (χ2n) is 7.31. The molecule has 2 aromatic heterocycles. The summed E-state index contributed by atoms with van der Waals surface area (Å²) in [5.74, 6) is 0.189. The molecule has 4 nitrogen and oxygen atoms in total. The van der Waals surface area contributed by atoms with Crippen LogP contribution in [0.5, 0.6) is 0 Å². The minimum absolute atomic E-state index is 0.355. The molecule has 27 heavy (non-hydrogen) atoms. The largest absolute Gasteiger partial charge is 0.461 e. The molecule has 4 heteroatoms. The molecule has 140 valence electrons. The number of pyridine rings is 1. The van der Waals surface area contributed by atoms with Crippen LogP contribution < -0.4 is 0 Å². The molecular weight excluding hydrogens is 336 g/mol. The summed E-state index contributed by atoms with van der Waals surface area (Å²) in [5.41, 5.74) is 5.06. The molecule has 1 saturated carbocycles. The Morgan fingerprint density at radius 1 is 1.11 bits per heavy atom. The maximum absolute atomic E-state index is 12.2. The van der Waals surface area contributed by atoms with E-state index in [9.17, 15) is 4.79 Å². The van der Waals surface area contributed by atoms with E-state index >= 15 is 0 Å². The lowest BCUT2D eigenvalue weighted by molar-refractivity contribution is 0.0520. The number of fused-ring (bicyclic) bond motifs is 1. The van der Waals surface area contributed by atoms with Crippen molar-refractivity contribution < 1.29 is 9.53 Å². The quantitative estimate of drug-likeness (QED) is 0.579. The lowest BCUT2D eigenvalue weighted by atomic mass is 9.82. The predicted molar refractivity (Wildman–Crippen MR) is 108 cm³/mol. The Labute approximate surface area is 160 Å². The van der Waals surface area contributed by atoms with Crippen LogP contribution in [0, 0.1) is 0 Å². The van der Waals surface area contributed by atoms with Crippen LogP contribution in [0.3, 0.4) is 0 Å². The lowest BCUT2D eigenvalue weighted by Gasteiger charge is -2.23. The van der Waals surface area contributed by atoms with Crippen LogP contribution in [0.25, 0.3) is 22.3 Å². The van der Waals surface area contributed by atoms with Crippen molar-refractivity contribution in [1.82, 2.24) is 9.55 Å². The van der Waals surface area contributed by atoms with Gasteiger partial charge in [0.15, 0.2) is 5.69 Å². The molecule has 2 heterocycles. The highest BCUT2D eigenvalue weighted by molar-refractivity contribution is 5.94. The molecule has 0 aliphatic heterocycles. The van der Waals surface area contributed by atoms with Crippen molar-refractivity contribution >= 4 is 17.0 Å². The second-order valence-corrected chi connectivity index (χ2v) is 7.31. The number of carbonyl (C=O) groups is 1. The van der Waals surface area contributed by atoms with Gasteiger partial charge in [-0.3, -0.25) is 0 Å². The third-order valence-corrected chi connectivity index (χ3v) is 5.62. The number of nitrogens with zero attached hydrogens (tertiary/aromatic N) is 2. The van der Waals surface area contributed by atoms with E-state index in [1.165, 1.54) is 48.9 Å². The van der Waals surface area contributed by atoms with Gasteiger partial charge >= 0.3 is 5.97 Å². The van der Waals surface area contributed by atoms with Crippen molar-refractivity contribution in [3.05, 3.63) is 53.7 Å². The normalized spacial score (nSPS) is 15.2. The number of ether oxygens (including phenoxy) is 1. The van der Waals surface area contributed by atoms with E-state index in [2.05, 4.69) is 46.9 Å². The van der Waals surface area contributed by atoms with E-state index in [0.717, 1.165) is 11.0 Å². The molecule has 0 spiro atoms. The van der Waals surface area contributed by atoms with Crippen molar-refractivity contribution in [2.75, 3.05) is 6.61 Å². The van der Waals surface area contributed by atoms with Crippen molar-refractivity contribution in [2.24, 2.45) is 7.05 Å². The van der Waals surface area contributed by atoms with Crippen LogP contribution in [0.2, 0.25) is 0 Å². The molecule has 0 amide bonds. The van der Waals surface area contributed by atoms with Crippen LogP contribution in [0.1, 0.15) is 61.0 Å². The highest BCUT2D eigenvalue weighted by Gasteiger charge is 2.26. The fourth-order valence-electron chi connectivity index (χ4n) is 4.40. The highest BCUT2D eigenvalue weighted by atomic mass is 16.5. The number of aryl methyl sites for hydroxylation is 1. The van der Waals surface area contributed by atoms with Crippen LogP contribution in [-0.2, 0) is 11.8 Å². The molecule has 0 saturated heterocycles. The maximum atomic E-state index is 12.2. The zero-order valence-corrected chi connectivity index (χ0v) is 16.1. The van der Waals surface area contributed by atoms with Crippen molar-refractivity contribution in [1.29, 1.82) is 0 Å². The molecule has 1 fully saturated rings. The van der Waals surface area contributed by atoms with Gasteiger partial charge in [-0.25, -0.2) is 9.78 Å². The Bertz CT molecular complexity index is 953. The first-order valence-corrected chi connectivity index (χ1v) is 9.92. The number of aromatic nitrogens is 2. The standard InChI is InChI=1S/C23H26N2O2/c1-3-27-23(26)19-15-14-18-20(16-10-6-4-7-11-16)21(25(2)22(18)24-19)17-12-8-5-9-13-17/h5,8-9,12-16H,3-4,6-7,10-11H2,1-2H3. The minimum atomic E-state index is -0.360. The summed E-state index contributed by atoms with van der Waals surface area (Å²) in [4.78, 5) is 16.9. The van der Waals surface area contributed by atoms with Gasteiger partial charge in [0.05, 0.1) is 12.3 Å². The number of carbonyl (C=O) groups excluding carboxylic acids is 1. The van der Waals surface area contributed by atoms with Gasteiger partial charge < -0.3 is 9.30 Å². The van der Waals surface area contributed by atoms with E-state index in [1.807, 2.05) is 13.0 Å². The van der Waals surface area contributed by atoms with Gasteiger partial charge in [-0.15, -0.1) is 0 Å². The summed E-state index contributed by atoms with van der Waals surface area (Å²) < 4.78 is 7.29. The molecular formula is C23H26N2O2. The molecule has 0 radical (unpaired) electrons. The van der Waals surface area contributed by atoms with Gasteiger partial charge in [-0.05, 0) is 48.9 Å². The first kappa shape index (κ1) is 17.8. The third-order valence-electron chi connectivity index (χ3n) is 5.62. The molecule has 0 atom stereocenters. The average molecular weight is 362 g/mol. The van der Waals surface area contributed by atoms with E-state index < -0.39 is 0 Å². The SMILES string of the molecule is CCOC(=O)c1ccc2c(C3CCCCC3)c(-c3ccccc3)n(C)c2n1. The van der Waals surface area contributed by atoms with E-state index in [4.69, 9.17) is 4.74 Å². The average Bonchev–Trinajstić information content (AvgIpc) is 3.01. The topological polar surface area (TPSA) is 44.1 Å². The summed E-state index contributed by atoms with van der Waals surface area (Å²) >= 11 is 0. The van der Waals surface area contributed by atoms with Gasteiger partial charge in [0.1, 0.15) is 5.65 Å². The number of benzene rings is 1. The molecule has 0 unspecified atom stereocenters. The Morgan fingerprint density at radius 2 is 1.85 bits per heavy atom. The van der Waals surface area contributed by atoms with Crippen LogP contribution >= 0.6 is 0 Å². The molecule has 0 bridgehead atoms. The smallest absolute Gasteiger partial charge is 0.356 e. The number of hydrogen-bond acceptors (Lipinski definition) is 3. The van der Waals surface area contributed by atoms with Crippen LogP contribution in [0.15, 0.2) is 42.5 Å². The third kappa shape index (κ3) is 3.25. The summed E-state index contributed by atoms with van der Waals surface area (Å²) in [6.07, 6.45) is 6.33. The lowest BCUT2D eigenvalue weighted by Crippen LogP contribution is -2.07.